The molecule has 2 atom stereocenters. The highest BCUT2D eigenvalue weighted by atomic mass is 32.2. The minimum atomic E-state index is -3.11. The molecule has 0 aromatic carbocycles. The third-order valence-corrected chi connectivity index (χ3v) is 5.30. The van der Waals surface area contributed by atoms with Crippen LogP contribution in [0.4, 0.5) is 0 Å². The van der Waals surface area contributed by atoms with Crippen LogP contribution >= 0.6 is 0 Å². The molecule has 0 spiro atoms. The Morgan fingerprint density at radius 3 is 2.78 bits per heavy atom. The van der Waals surface area contributed by atoms with Gasteiger partial charge in [0.1, 0.15) is 0 Å². The lowest BCUT2D eigenvalue weighted by molar-refractivity contribution is 0.0895. The van der Waals surface area contributed by atoms with Crippen LogP contribution in [0.15, 0.2) is 12.3 Å². The van der Waals surface area contributed by atoms with Crippen molar-refractivity contribution in [1.29, 1.82) is 0 Å². The summed E-state index contributed by atoms with van der Waals surface area (Å²) in [5.74, 6) is 0.521. The number of nitrogens with zero attached hydrogens (tertiary/aromatic N) is 4. The van der Waals surface area contributed by atoms with Crippen LogP contribution < -0.4 is 4.72 Å². The predicted octanol–water partition coefficient (Wildman–Crippen LogP) is 0.284. The molecule has 0 bridgehead atoms. The molecule has 0 radical (unpaired) electrons. The van der Waals surface area contributed by atoms with Gasteiger partial charge in [-0.3, -0.25) is 9.58 Å². The lowest BCUT2D eigenvalue weighted by atomic mass is 9.87. The Morgan fingerprint density at radius 2 is 2.17 bits per heavy atom. The first-order valence-corrected chi connectivity index (χ1v) is 9.98. The summed E-state index contributed by atoms with van der Waals surface area (Å²) in [7, 11) is 3.11. The van der Waals surface area contributed by atoms with E-state index in [-0.39, 0.29) is 0 Å². The Morgan fingerprint density at radius 1 is 1.43 bits per heavy atom. The monoisotopic (exact) mass is 343 g/mol. The first kappa shape index (κ1) is 18.4. The molecule has 0 amide bonds. The normalized spacial score (nSPS) is 23.5. The molecule has 8 heteroatoms. The SMILES string of the molecule is CN(CCNS(C)(=O)=O)C[C@@H]1CCCN(C)[C@H]1c1ccnn1C. The Hall–Kier alpha value is -0.960. The molecule has 1 aromatic heterocycles. The van der Waals surface area contributed by atoms with Gasteiger partial charge in [0.05, 0.1) is 18.0 Å². The number of likely N-dealkylation sites (N-methyl/N-ethyl adjacent to an activating group) is 1. The first-order chi connectivity index (χ1) is 10.8. The van der Waals surface area contributed by atoms with Crippen molar-refractivity contribution in [3.8, 4) is 0 Å². The van der Waals surface area contributed by atoms with E-state index >= 15 is 0 Å². The molecule has 1 aromatic rings. The highest BCUT2D eigenvalue weighted by Gasteiger charge is 2.32. The molecular weight excluding hydrogens is 314 g/mol. The molecule has 0 saturated carbocycles. The van der Waals surface area contributed by atoms with E-state index in [1.54, 1.807) is 0 Å². The summed E-state index contributed by atoms with van der Waals surface area (Å²) in [5.41, 5.74) is 1.25. The maximum atomic E-state index is 11.1. The lowest BCUT2D eigenvalue weighted by Crippen LogP contribution is -2.43. The fraction of sp³-hybridized carbons (Fsp3) is 0.800. The molecule has 1 aliphatic rings. The summed E-state index contributed by atoms with van der Waals surface area (Å²) in [5, 5.41) is 4.32. The minimum Gasteiger partial charge on any atom is -0.305 e. The molecule has 0 aliphatic carbocycles. The summed E-state index contributed by atoms with van der Waals surface area (Å²) in [6.07, 6.45) is 5.44. The Bertz CT molecular complexity index is 601. The third kappa shape index (κ3) is 5.27. The van der Waals surface area contributed by atoms with Crippen LogP contribution in [0.2, 0.25) is 0 Å². The summed E-state index contributed by atoms with van der Waals surface area (Å²) < 4.78 is 26.8. The van der Waals surface area contributed by atoms with E-state index < -0.39 is 10.0 Å². The van der Waals surface area contributed by atoms with E-state index in [1.165, 1.54) is 24.8 Å². The Balaban J connectivity index is 1.97. The molecule has 132 valence electrons. The fourth-order valence-corrected chi connectivity index (χ4v) is 3.97. The molecule has 2 rings (SSSR count). The van der Waals surface area contributed by atoms with Crippen LogP contribution in [0.5, 0.6) is 0 Å². The average Bonchev–Trinajstić information content (AvgIpc) is 2.83. The fourth-order valence-electron chi connectivity index (χ4n) is 3.51. The van der Waals surface area contributed by atoms with Crippen molar-refractivity contribution in [2.75, 3.05) is 46.5 Å². The Kier molecular flexibility index (Phi) is 6.19. The van der Waals surface area contributed by atoms with Gasteiger partial charge in [-0.25, -0.2) is 13.1 Å². The largest absolute Gasteiger partial charge is 0.305 e. The number of likely N-dealkylation sites (tertiary alicyclic amines) is 1. The zero-order valence-corrected chi connectivity index (χ0v) is 15.4. The predicted molar refractivity (Wildman–Crippen MR) is 91.6 cm³/mol. The smallest absolute Gasteiger partial charge is 0.208 e. The lowest BCUT2D eigenvalue weighted by Gasteiger charge is -2.40. The molecule has 1 aliphatic heterocycles. The van der Waals surface area contributed by atoms with Gasteiger partial charge in [-0.15, -0.1) is 0 Å². The number of aromatic nitrogens is 2. The van der Waals surface area contributed by atoms with Gasteiger partial charge in [0.2, 0.25) is 10.0 Å². The molecule has 1 fully saturated rings. The van der Waals surface area contributed by atoms with Gasteiger partial charge >= 0.3 is 0 Å². The van der Waals surface area contributed by atoms with Crippen LogP contribution in [0.1, 0.15) is 24.6 Å². The van der Waals surface area contributed by atoms with Crippen LogP contribution in [0.25, 0.3) is 0 Å². The van der Waals surface area contributed by atoms with Crippen LogP contribution in [-0.4, -0.2) is 74.5 Å². The summed E-state index contributed by atoms with van der Waals surface area (Å²) in [6, 6.07) is 2.46. The van der Waals surface area contributed by atoms with Gasteiger partial charge in [-0.2, -0.15) is 5.10 Å². The van der Waals surface area contributed by atoms with Crippen LogP contribution in [0, 0.1) is 5.92 Å². The maximum Gasteiger partial charge on any atom is 0.208 e. The van der Waals surface area contributed by atoms with Crippen molar-refractivity contribution in [1.82, 2.24) is 24.3 Å². The number of hydrogen-bond donors (Lipinski definition) is 1. The second-order valence-electron chi connectivity index (χ2n) is 6.64. The molecule has 23 heavy (non-hydrogen) atoms. The molecular formula is C15H29N5O2S. The molecule has 2 heterocycles. The second kappa shape index (κ2) is 7.74. The molecule has 0 unspecified atom stereocenters. The van der Waals surface area contributed by atoms with Crippen LogP contribution in [0.3, 0.4) is 0 Å². The quantitative estimate of drug-likeness (QED) is 0.770. The third-order valence-electron chi connectivity index (χ3n) is 4.57. The van der Waals surface area contributed by atoms with Crippen molar-refractivity contribution in [2.24, 2.45) is 13.0 Å². The minimum absolute atomic E-state index is 0.363. The van der Waals surface area contributed by atoms with Gasteiger partial charge < -0.3 is 4.90 Å². The zero-order valence-electron chi connectivity index (χ0n) is 14.6. The van der Waals surface area contributed by atoms with Gasteiger partial charge in [-0.1, -0.05) is 0 Å². The van der Waals surface area contributed by atoms with Crippen molar-refractivity contribution in [2.45, 2.75) is 18.9 Å². The van der Waals surface area contributed by atoms with Gasteiger partial charge in [0, 0.05) is 32.9 Å². The standard InChI is InChI=1S/C15H29N5O2S/c1-18(11-9-17-23(4,21)22)12-13-6-5-10-19(2)15(13)14-7-8-16-20(14)3/h7-8,13,15,17H,5-6,9-12H2,1-4H3/t13-,15+/m0/s1. The molecule has 1 saturated heterocycles. The van der Waals surface area contributed by atoms with Crippen molar-refractivity contribution in [3.63, 3.8) is 0 Å². The van der Waals surface area contributed by atoms with E-state index in [0.29, 0.717) is 25.0 Å². The van der Waals surface area contributed by atoms with Gasteiger partial charge in [0.15, 0.2) is 0 Å². The van der Waals surface area contributed by atoms with E-state index in [4.69, 9.17) is 0 Å². The average molecular weight is 343 g/mol. The highest BCUT2D eigenvalue weighted by molar-refractivity contribution is 7.88. The number of sulfonamides is 1. The first-order valence-electron chi connectivity index (χ1n) is 8.09. The molecule has 1 N–H and O–H groups in total. The number of rotatable bonds is 7. The van der Waals surface area contributed by atoms with E-state index in [2.05, 4.69) is 39.8 Å². The van der Waals surface area contributed by atoms with Crippen molar-refractivity contribution in [3.05, 3.63) is 18.0 Å². The van der Waals surface area contributed by atoms with Gasteiger partial charge in [-0.05, 0) is 45.5 Å². The summed E-state index contributed by atoms with van der Waals surface area (Å²) >= 11 is 0. The van der Waals surface area contributed by atoms with E-state index in [9.17, 15) is 8.42 Å². The summed E-state index contributed by atoms with van der Waals surface area (Å²) in [4.78, 5) is 4.62. The van der Waals surface area contributed by atoms with Crippen LogP contribution in [-0.2, 0) is 17.1 Å². The second-order valence-corrected chi connectivity index (χ2v) is 8.47. The van der Waals surface area contributed by atoms with Crippen molar-refractivity contribution < 1.29 is 8.42 Å². The number of hydrogen-bond acceptors (Lipinski definition) is 5. The summed E-state index contributed by atoms with van der Waals surface area (Å²) in [6.45, 7) is 3.22. The number of piperidine rings is 1. The zero-order chi connectivity index (χ0) is 17.0. The topological polar surface area (TPSA) is 70.5 Å². The van der Waals surface area contributed by atoms with Crippen molar-refractivity contribution >= 4 is 10.0 Å². The maximum absolute atomic E-state index is 11.1. The van der Waals surface area contributed by atoms with E-state index in [0.717, 1.165) is 13.1 Å². The highest BCUT2D eigenvalue weighted by Crippen LogP contribution is 2.34. The Labute approximate surface area is 139 Å². The number of nitrogens with one attached hydrogen (secondary N) is 1. The van der Waals surface area contributed by atoms with Gasteiger partial charge in [0.25, 0.3) is 0 Å². The molecule has 7 nitrogen and oxygen atoms in total. The number of aryl methyl sites for hydroxylation is 1. The van der Waals surface area contributed by atoms with E-state index in [1.807, 2.05) is 17.9 Å².